The number of aryl methyl sites for hydroxylation is 1. The van der Waals surface area contributed by atoms with Crippen LogP contribution in [-0.4, -0.2) is 19.1 Å². The number of hydrogen-bond acceptors (Lipinski definition) is 3. The minimum atomic E-state index is -0.000934. The van der Waals surface area contributed by atoms with Gasteiger partial charge >= 0.3 is 5.69 Å². The highest BCUT2D eigenvalue weighted by molar-refractivity contribution is 7.71. The Kier molecular flexibility index (Phi) is 3.72. The largest absolute Gasteiger partial charge is 0.338 e. The molecule has 2 unspecified atom stereocenters. The summed E-state index contributed by atoms with van der Waals surface area (Å²) in [5.41, 5.74) is 1.90. The molecule has 0 saturated heterocycles. The molecule has 2 aromatic heterocycles. The Hall–Kier alpha value is -1.43. The predicted molar refractivity (Wildman–Crippen MR) is 105 cm³/mol. The highest BCUT2D eigenvalue weighted by Gasteiger charge is 2.59. The zero-order chi connectivity index (χ0) is 18.1. The number of imidazole rings is 1. The molecule has 0 radical (unpaired) electrons. The highest BCUT2D eigenvalue weighted by Crippen LogP contribution is 2.65. The molecule has 4 bridgehead atoms. The molecule has 0 amide bonds. The van der Waals surface area contributed by atoms with Crippen LogP contribution in [0.5, 0.6) is 0 Å². The number of nitrogens with zero attached hydrogens (tertiary/aromatic N) is 3. The maximum absolute atomic E-state index is 13.0. The topological polar surface area (TPSA) is 55.6 Å². The number of H-pyrrole nitrogens is 1. The Morgan fingerprint density at radius 1 is 1.12 bits per heavy atom. The second-order valence-electron chi connectivity index (χ2n) is 8.88. The zero-order valence-corrected chi connectivity index (χ0v) is 16.6. The van der Waals surface area contributed by atoms with Crippen molar-refractivity contribution in [3.05, 3.63) is 20.9 Å². The molecule has 5 nitrogen and oxygen atoms in total. The lowest BCUT2D eigenvalue weighted by molar-refractivity contribution is 0.262. The van der Waals surface area contributed by atoms with Crippen LogP contribution in [-0.2, 0) is 18.5 Å². The summed E-state index contributed by atoms with van der Waals surface area (Å²) in [6.07, 6.45) is 8.51. The van der Waals surface area contributed by atoms with E-state index in [0.29, 0.717) is 17.7 Å². The SMILES string of the molecule is CCCn1c(=S)c2[nH]c(C34CC5CC(CC3C5)C4)nc2n(CCC)c1=O. The third-order valence-electron chi connectivity index (χ3n) is 7.22. The minimum absolute atomic E-state index is 0.000934. The highest BCUT2D eigenvalue weighted by atomic mass is 32.1. The Balaban J connectivity index is 1.73. The summed E-state index contributed by atoms with van der Waals surface area (Å²) in [6, 6.07) is 0. The Morgan fingerprint density at radius 3 is 2.42 bits per heavy atom. The Bertz CT molecular complexity index is 970. The standard InChI is InChI=1S/C20H28N4OS/c1-3-5-23-16-15(17(26)24(6-4-2)19(23)25)21-18(22-16)20-10-12-7-13(11-20)9-14(20)8-12/h12-14H,3-11H2,1-2H3,(H,21,22). The van der Waals surface area contributed by atoms with Crippen LogP contribution >= 0.6 is 12.2 Å². The van der Waals surface area contributed by atoms with E-state index in [1.807, 2.05) is 4.57 Å². The second kappa shape index (κ2) is 5.78. The molecule has 0 aromatic carbocycles. The molecular formula is C20H28N4OS. The molecule has 4 saturated carbocycles. The first-order chi connectivity index (χ1) is 12.6. The van der Waals surface area contributed by atoms with Crippen molar-refractivity contribution in [1.82, 2.24) is 19.1 Å². The molecule has 1 N–H and O–H groups in total. The lowest BCUT2D eigenvalue weighted by Gasteiger charge is -2.30. The first kappa shape index (κ1) is 16.7. The van der Waals surface area contributed by atoms with Gasteiger partial charge in [-0.2, -0.15) is 0 Å². The first-order valence-electron chi connectivity index (χ1n) is 10.3. The summed E-state index contributed by atoms with van der Waals surface area (Å²) in [5.74, 6) is 3.65. The summed E-state index contributed by atoms with van der Waals surface area (Å²) in [6.45, 7) is 5.55. The first-order valence-corrected chi connectivity index (χ1v) is 10.7. The van der Waals surface area contributed by atoms with E-state index in [1.54, 1.807) is 4.57 Å². The summed E-state index contributed by atoms with van der Waals surface area (Å²) < 4.78 is 4.23. The van der Waals surface area contributed by atoms with Crippen LogP contribution in [0.25, 0.3) is 11.2 Å². The number of aromatic nitrogens is 4. The summed E-state index contributed by atoms with van der Waals surface area (Å²) in [5, 5.41) is 0. The van der Waals surface area contributed by atoms with E-state index in [9.17, 15) is 4.79 Å². The Morgan fingerprint density at radius 2 is 1.77 bits per heavy atom. The van der Waals surface area contributed by atoms with Crippen molar-refractivity contribution in [2.45, 2.75) is 77.3 Å². The van der Waals surface area contributed by atoms with Gasteiger partial charge in [-0.25, -0.2) is 9.78 Å². The van der Waals surface area contributed by atoms with Gasteiger partial charge < -0.3 is 4.98 Å². The molecular weight excluding hydrogens is 344 g/mol. The normalized spacial score (nSPS) is 32.2. The van der Waals surface area contributed by atoms with E-state index in [4.69, 9.17) is 17.2 Å². The average molecular weight is 373 g/mol. The molecule has 2 aromatic rings. The molecule has 140 valence electrons. The van der Waals surface area contributed by atoms with E-state index in [2.05, 4.69) is 18.8 Å². The number of aromatic amines is 1. The summed E-state index contributed by atoms with van der Waals surface area (Å²) >= 11 is 5.71. The molecule has 6 rings (SSSR count). The van der Waals surface area contributed by atoms with Crippen LogP contribution in [0, 0.1) is 22.4 Å². The van der Waals surface area contributed by atoms with Crippen LogP contribution in [0.3, 0.4) is 0 Å². The van der Waals surface area contributed by atoms with Crippen molar-refractivity contribution in [3.63, 3.8) is 0 Å². The van der Waals surface area contributed by atoms with Crippen LogP contribution in [0.4, 0.5) is 0 Å². The fraction of sp³-hybridized carbons (Fsp3) is 0.750. The number of rotatable bonds is 5. The monoisotopic (exact) mass is 372 g/mol. The lowest BCUT2D eigenvalue weighted by atomic mass is 9.75. The third kappa shape index (κ3) is 2.11. The van der Waals surface area contributed by atoms with Gasteiger partial charge in [0.2, 0.25) is 0 Å². The molecule has 6 heteroatoms. The maximum Gasteiger partial charge on any atom is 0.330 e. The van der Waals surface area contributed by atoms with Gasteiger partial charge in [0.05, 0.1) is 0 Å². The van der Waals surface area contributed by atoms with Gasteiger partial charge in [0.25, 0.3) is 0 Å². The van der Waals surface area contributed by atoms with Gasteiger partial charge in [-0.3, -0.25) is 9.13 Å². The minimum Gasteiger partial charge on any atom is -0.338 e. The van der Waals surface area contributed by atoms with Crippen molar-refractivity contribution in [2.75, 3.05) is 0 Å². The predicted octanol–water partition coefficient (Wildman–Crippen LogP) is 4.15. The molecule has 4 aliphatic carbocycles. The van der Waals surface area contributed by atoms with Crippen LogP contribution in [0.15, 0.2) is 4.79 Å². The van der Waals surface area contributed by atoms with E-state index in [1.165, 1.54) is 32.1 Å². The van der Waals surface area contributed by atoms with Gasteiger partial charge in [-0.05, 0) is 62.7 Å². The van der Waals surface area contributed by atoms with Crippen molar-refractivity contribution < 1.29 is 0 Å². The average Bonchev–Trinajstić information content (AvgIpc) is 3.24. The van der Waals surface area contributed by atoms with Gasteiger partial charge in [-0.15, -0.1) is 0 Å². The van der Waals surface area contributed by atoms with Gasteiger partial charge in [-0.1, -0.05) is 26.1 Å². The molecule has 26 heavy (non-hydrogen) atoms. The molecule has 0 aliphatic heterocycles. The van der Waals surface area contributed by atoms with Gasteiger partial charge in [0, 0.05) is 18.5 Å². The van der Waals surface area contributed by atoms with E-state index < -0.39 is 0 Å². The molecule has 0 spiro atoms. The number of nitrogens with one attached hydrogen (secondary N) is 1. The van der Waals surface area contributed by atoms with Gasteiger partial charge in [0.15, 0.2) is 5.65 Å². The van der Waals surface area contributed by atoms with Crippen LogP contribution in [0.1, 0.15) is 64.6 Å². The van der Waals surface area contributed by atoms with Crippen molar-refractivity contribution in [2.24, 2.45) is 17.8 Å². The second-order valence-corrected chi connectivity index (χ2v) is 9.26. The molecule has 2 atom stereocenters. The number of hydrogen-bond donors (Lipinski definition) is 1. The van der Waals surface area contributed by atoms with E-state index in [0.717, 1.165) is 47.6 Å². The van der Waals surface area contributed by atoms with E-state index in [-0.39, 0.29) is 11.1 Å². The smallest absolute Gasteiger partial charge is 0.330 e. The van der Waals surface area contributed by atoms with Crippen molar-refractivity contribution in [1.29, 1.82) is 0 Å². The fourth-order valence-electron chi connectivity index (χ4n) is 6.43. The Labute approximate surface area is 158 Å². The molecule has 4 aliphatic rings. The number of fused-ring (bicyclic) bond motifs is 1. The fourth-order valence-corrected chi connectivity index (χ4v) is 6.74. The van der Waals surface area contributed by atoms with Crippen molar-refractivity contribution >= 4 is 23.4 Å². The van der Waals surface area contributed by atoms with Crippen LogP contribution in [0.2, 0.25) is 0 Å². The molecule has 2 heterocycles. The third-order valence-corrected chi connectivity index (χ3v) is 7.64. The van der Waals surface area contributed by atoms with Crippen LogP contribution < -0.4 is 5.69 Å². The van der Waals surface area contributed by atoms with Crippen molar-refractivity contribution in [3.8, 4) is 0 Å². The lowest BCUT2D eigenvalue weighted by Crippen LogP contribution is -2.32. The maximum atomic E-state index is 13.0. The summed E-state index contributed by atoms with van der Waals surface area (Å²) in [4.78, 5) is 21.7. The summed E-state index contributed by atoms with van der Waals surface area (Å²) in [7, 11) is 0. The quantitative estimate of drug-likeness (QED) is 0.802. The van der Waals surface area contributed by atoms with Gasteiger partial charge in [0.1, 0.15) is 16.0 Å². The zero-order valence-electron chi connectivity index (χ0n) is 15.8. The van der Waals surface area contributed by atoms with E-state index >= 15 is 0 Å². The molecule has 4 fully saturated rings.